The van der Waals surface area contributed by atoms with Gasteiger partial charge in [-0.2, -0.15) is 0 Å². The van der Waals surface area contributed by atoms with Crippen LogP contribution in [0.5, 0.6) is 0 Å². The Balaban J connectivity index is 1.55. The molecular formula is C21H21N3O4S. The van der Waals surface area contributed by atoms with Crippen LogP contribution in [0.3, 0.4) is 0 Å². The van der Waals surface area contributed by atoms with Crippen molar-refractivity contribution >= 4 is 29.3 Å². The average Bonchev–Trinajstić information content (AvgIpc) is 3.16. The van der Waals surface area contributed by atoms with E-state index in [9.17, 15) is 9.59 Å². The van der Waals surface area contributed by atoms with E-state index in [1.54, 1.807) is 38.1 Å². The molecule has 0 radical (unpaired) electrons. The van der Waals surface area contributed by atoms with Crippen LogP contribution in [0.15, 0.2) is 58.2 Å². The van der Waals surface area contributed by atoms with Crippen LogP contribution in [0, 0.1) is 6.92 Å². The molecule has 0 spiro atoms. The van der Waals surface area contributed by atoms with Crippen molar-refractivity contribution in [2.24, 2.45) is 0 Å². The third-order valence-corrected chi connectivity index (χ3v) is 4.57. The van der Waals surface area contributed by atoms with Crippen molar-refractivity contribution in [3.05, 3.63) is 59.7 Å². The molecule has 1 N–H and O–H groups in total. The van der Waals surface area contributed by atoms with Gasteiger partial charge >= 0.3 is 5.97 Å². The molecule has 0 fully saturated rings. The molecule has 0 aliphatic rings. The van der Waals surface area contributed by atoms with E-state index in [0.29, 0.717) is 22.4 Å². The second-order valence-corrected chi connectivity index (χ2v) is 7.54. The summed E-state index contributed by atoms with van der Waals surface area (Å²) in [5.74, 6) is -0.181. The summed E-state index contributed by atoms with van der Waals surface area (Å²) < 4.78 is 10.8. The van der Waals surface area contributed by atoms with Crippen molar-refractivity contribution in [1.29, 1.82) is 0 Å². The van der Waals surface area contributed by atoms with Crippen molar-refractivity contribution in [2.75, 3.05) is 11.1 Å². The molecule has 0 saturated heterocycles. The van der Waals surface area contributed by atoms with Gasteiger partial charge in [0.25, 0.3) is 5.22 Å². The van der Waals surface area contributed by atoms with Crippen molar-refractivity contribution in [1.82, 2.24) is 10.2 Å². The lowest BCUT2D eigenvalue weighted by Crippen LogP contribution is -2.15. The number of aromatic nitrogens is 2. The van der Waals surface area contributed by atoms with Gasteiger partial charge in [-0.05, 0) is 51.1 Å². The number of hydrogen-bond donors (Lipinski definition) is 1. The first-order valence-electron chi connectivity index (χ1n) is 9.05. The number of amides is 1. The molecule has 1 amide bonds. The van der Waals surface area contributed by atoms with Gasteiger partial charge in [0.1, 0.15) is 0 Å². The van der Waals surface area contributed by atoms with Crippen LogP contribution in [-0.4, -0.2) is 33.9 Å². The standard InChI is InChI=1S/C21H21N3O4S/c1-13(2)27-20(26)16-5-4-6-17(11-16)22-18(25)12-29-21-24-23-19(28-21)15-9-7-14(3)8-10-15/h4-11,13H,12H2,1-3H3,(H,22,25). The number of nitrogens with one attached hydrogen (secondary N) is 1. The van der Waals surface area contributed by atoms with E-state index in [1.165, 1.54) is 0 Å². The molecule has 0 saturated carbocycles. The molecule has 8 heteroatoms. The number of carbonyl (C=O) groups excluding carboxylic acids is 2. The van der Waals surface area contributed by atoms with Crippen molar-refractivity contribution < 1.29 is 18.7 Å². The summed E-state index contributed by atoms with van der Waals surface area (Å²) in [5.41, 5.74) is 2.86. The molecule has 29 heavy (non-hydrogen) atoms. The topological polar surface area (TPSA) is 94.3 Å². The van der Waals surface area contributed by atoms with E-state index in [4.69, 9.17) is 9.15 Å². The van der Waals surface area contributed by atoms with Gasteiger partial charge in [0, 0.05) is 11.3 Å². The normalized spacial score (nSPS) is 10.8. The number of aryl methyl sites for hydroxylation is 1. The maximum absolute atomic E-state index is 12.2. The van der Waals surface area contributed by atoms with E-state index in [0.717, 1.165) is 22.9 Å². The van der Waals surface area contributed by atoms with Gasteiger partial charge in [0.15, 0.2) is 0 Å². The average molecular weight is 411 g/mol. The van der Waals surface area contributed by atoms with E-state index >= 15 is 0 Å². The summed E-state index contributed by atoms with van der Waals surface area (Å²) in [6.45, 7) is 5.56. The van der Waals surface area contributed by atoms with Gasteiger partial charge in [-0.1, -0.05) is 35.5 Å². The minimum absolute atomic E-state index is 0.0935. The first-order valence-corrected chi connectivity index (χ1v) is 10.0. The molecule has 1 heterocycles. The molecule has 3 aromatic rings. The second-order valence-electron chi connectivity index (χ2n) is 6.61. The molecule has 0 unspecified atom stereocenters. The van der Waals surface area contributed by atoms with E-state index < -0.39 is 5.97 Å². The zero-order valence-electron chi connectivity index (χ0n) is 16.3. The SMILES string of the molecule is Cc1ccc(-c2nnc(SCC(=O)Nc3cccc(C(=O)OC(C)C)c3)o2)cc1. The Labute approximate surface area is 172 Å². The van der Waals surface area contributed by atoms with E-state index in [-0.39, 0.29) is 17.8 Å². The van der Waals surface area contributed by atoms with Crippen LogP contribution in [0.2, 0.25) is 0 Å². The highest BCUT2D eigenvalue weighted by molar-refractivity contribution is 7.99. The van der Waals surface area contributed by atoms with Crippen LogP contribution in [0.4, 0.5) is 5.69 Å². The minimum atomic E-state index is -0.431. The van der Waals surface area contributed by atoms with Gasteiger partial charge in [-0.15, -0.1) is 10.2 Å². The monoisotopic (exact) mass is 411 g/mol. The molecule has 2 aromatic carbocycles. The first kappa shape index (κ1) is 20.6. The third kappa shape index (κ3) is 5.92. The number of anilines is 1. The maximum atomic E-state index is 12.2. The molecular weight excluding hydrogens is 390 g/mol. The zero-order valence-corrected chi connectivity index (χ0v) is 17.2. The highest BCUT2D eigenvalue weighted by atomic mass is 32.2. The van der Waals surface area contributed by atoms with E-state index in [2.05, 4.69) is 15.5 Å². The third-order valence-electron chi connectivity index (χ3n) is 3.76. The molecule has 150 valence electrons. The first-order chi connectivity index (χ1) is 13.9. The Hall–Kier alpha value is -3.13. The van der Waals surface area contributed by atoms with Crippen LogP contribution < -0.4 is 5.32 Å². The van der Waals surface area contributed by atoms with Gasteiger partial charge in [-0.3, -0.25) is 4.79 Å². The molecule has 0 atom stereocenters. The van der Waals surface area contributed by atoms with Crippen molar-refractivity contribution in [3.63, 3.8) is 0 Å². The predicted molar refractivity (Wildman–Crippen MR) is 111 cm³/mol. The molecule has 7 nitrogen and oxygen atoms in total. The molecule has 1 aromatic heterocycles. The maximum Gasteiger partial charge on any atom is 0.338 e. The number of thioether (sulfide) groups is 1. The smallest absolute Gasteiger partial charge is 0.338 e. The number of ether oxygens (including phenoxy) is 1. The fourth-order valence-electron chi connectivity index (χ4n) is 2.41. The van der Waals surface area contributed by atoms with Gasteiger partial charge < -0.3 is 14.5 Å². The summed E-state index contributed by atoms with van der Waals surface area (Å²) in [6.07, 6.45) is -0.212. The fraction of sp³-hybridized carbons (Fsp3) is 0.238. The number of esters is 1. The van der Waals surface area contributed by atoms with Crippen LogP contribution in [0.1, 0.15) is 29.8 Å². The van der Waals surface area contributed by atoms with Gasteiger partial charge in [0.05, 0.1) is 17.4 Å². The molecule has 0 aliphatic carbocycles. The number of rotatable bonds is 7. The summed E-state index contributed by atoms with van der Waals surface area (Å²) >= 11 is 1.14. The van der Waals surface area contributed by atoms with Crippen LogP contribution >= 0.6 is 11.8 Å². The Morgan fingerprint density at radius 3 is 2.62 bits per heavy atom. The second kappa shape index (κ2) is 9.38. The lowest BCUT2D eigenvalue weighted by Gasteiger charge is -2.09. The number of carbonyl (C=O) groups is 2. The Bertz CT molecular complexity index is 999. The number of nitrogens with zero attached hydrogens (tertiary/aromatic N) is 2. The Morgan fingerprint density at radius 2 is 1.90 bits per heavy atom. The molecule has 0 aliphatic heterocycles. The van der Waals surface area contributed by atoms with Crippen LogP contribution in [0.25, 0.3) is 11.5 Å². The summed E-state index contributed by atoms with van der Waals surface area (Å²) in [4.78, 5) is 24.2. The molecule has 3 rings (SSSR count). The zero-order chi connectivity index (χ0) is 20.8. The minimum Gasteiger partial charge on any atom is -0.459 e. The lowest BCUT2D eigenvalue weighted by molar-refractivity contribution is -0.113. The fourth-order valence-corrected chi connectivity index (χ4v) is 2.97. The number of hydrogen-bond acceptors (Lipinski definition) is 7. The van der Waals surface area contributed by atoms with Crippen molar-refractivity contribution in [2.45, 2.75) is 32.1 Å². The largest absolute Gasteiger partial charge is 0.459 e. The highest BCUT2D eigenvalue weighted by Gasteiger charge is 2.13. The summed E-state index contributed by atoms with van der Waals surface area (Å²) in [5, 5.41) is 11.0. The Morgan fingerprint density at radius 1 is 1.14 bits per heavy atom. The lowest BCUT2D eigenvalue weighted by atomic mass is 10.1. The number of benzene rings is 2. The van der Waals surface area contributed by atoms with Gasteiger partial charge in [-0.25, -0.2) is 4.79 Å². The van der Waals surface area contributed by atoms with Gasteiger partial charge in [0.2, 0.25) is 11.8 Å². The van der Waals surface area contributed by atoms with E-state index in [1.807, 2.05) is 31.2 Å². The van der Waals surface area contributed by atoms with Crippen LogP contribution in [-0.2, 0) is 9.53 Å². The summed E-state index contributed by atoms with van der Waals surface area (Å²) in [6, 6.07) is 14.3. The molecule has 0 bridgehead atoms. The Kier molecular flexibility index (Phi) is 6.66. The van der Waals surface area contributed by atoms with Crippen molar-refractivity contribution in [3.8, 4) is 11.5 Å². The highest BCUT2D eigenvalue weighted by Crippen LogP contribution is 2.23. The quantitative estimate of drug-likeness (QED) is 0.456. The summed E-state index contributed by atoms with van der Waals surface area (Å²) in [7, 11) is 0. The predicted octanol–water partition coefficient (Wildman–Crippen LogP) is 4.34.